The molecule has 4 N–H and O–H groups in total. The lowest BCUT2D eigenvalue weighted by Crippen LogP contribution is -2.14. The van der Waals surface area contributed by atoms with Crippen LogP contribution in [0.2, 0.25) is 0 Å². The van der Waals surface area contributed by atoms with E-state index in [2.05, 4.69) is 20.7 Å². The third-order valence-electron chi connectivity index (χ3n) is 4.14. The monoisotopic (exact) mass is 414 g/mol. The Kier molecular flexibility index (Phi) is 6.21. The maximum atomic E-state index is 10.7. The summed E-state index contributed by atoms with van der Waals surface area (Å²) in [6, 6.07) is 13.4. The van der Waals surface area contributed by atoms with Gasteiger partial charge in [0.2, 0.25) is 5.16 Å². The molecule has 0 atom stereocenters. The smallest absolute Gasteiger partial charge is 0.313 e. The van der Waals surface area contributed by atoms with Crippen LogP contribution in [0, 0.1) is 0 Å². The van der Waals surface area contributed by atoms with E-state index in [9.17, 15) is 9.90 Å². The van der Waals surface area contributed by atoms with Gasteiger partial charge in [0.25, 0.3) is 0 Å². The Morgan fingerprint density at radius 3 is 2.48 bits per heavy atom. The number of thioether (sulfide) groups is 1. The van der Waals surface area contributed by atoms with Gasteiger partial charge in [0.05, 0.1) is 24.2 Å². The van der Waals surface area contributed by atoms with Crippen molar-refractivity contribution in [2.75, 3.05) is 18.3 Å². The molecule has 1 heterocycles. The first kappa shape index (κ1) is 20.8. The summed E-state index contributed by atoms with van der Waals surface area (Å²) < 4.78 is 0. The number of aromatic amines is 1. The summed E-state index contributed by atoms with van der Waals surface area (Å²) in [7, 11) is 1.53. The summed E-state index contributed by atoms with van der Waals surface area (Å²) in [4.78, 5) is 20.1. The van der Waals surface area contributed by atoms with E-state index in [1.165, 1.54) is 7.11 Å². The highest BCUT2D eigenvalue weighted by Gasteiger charge is 2.16. The molecule has 0 radical (unpaired) electrons. The van der Waals surface area contributed by atoms with Crippen LogP contribution in [-0.4, -0.2) is 44.2 Å². The maximum Gasteiger partial charge on any atom is 0.313 e. The Morgan fingerprint density at radius 1 is 1.17 bits per heavy atom. The van der Waals surface area contributed by atoms with Gasteiger partial charge in [-0.15, -0.1) is 5.10 Å². The van der Waals surface area contributed by atoms with Crippen molar-refractivity contribution >= 4 is 23.4 Å². The highest BCUT2D eigenvalue weighted by molar-refractivity contribution is 7.99. The van der Waals surface area contributed by atoms with Gasteiger partial charge in [-0.2, -0.15) is 0 Å². The third kappa shape index (κ3) is 5.35. The van der Waals surface area contributed by atoms with Crippen molar-refractivity contribution in [2.24, 2.45) is 0 Å². The zero-order chi connectivity index (χ0) is 21.0. The molecule has 152 valence electrons. The Balaban J connectivity index is 1.95. The molecule has 0 aliphatic carbocycles. The summed E-state index contributed by atoms with van der Waals surface area (Å²) in [5.74, 6) is -0.516. The number of rotatable bonds is 8. The van der Waals surface area contributed by atoms with Gasteiger partial charge >= 0.3 is 5.97 Å². The van der Waals surface area contributed by atoms with Gasteiger partial charge in [-0.05, 0) is 48.7 Å². The minimum atomic E-state index is -0.926. The molecule has 29 heavy (non-hydrogen) atoms. The van der Waals surface area contributed by atoms with E-state index in [0.29, 0.717) is 11.0 Å². The van der Waals surface area contributed by atoms with Crippen molar-refractivity contribution in [3.05, 3.63) is 48.0 Å². The molecular weight excluding hydrogens is 392 g/mol. The minimum absolute atomic E-state index is 0.110. The second-order valence-corrected chi connectivity index (χ2v) is 7.83. The first-order valence-electron chi connectivity index (χ1n) is 8.81. The predicted molar refractivity (Wildman–Crippen MR) is 111 cm³/mol. The summed E-state index contributed by atoms with van der Waals surface area (Å²) >= 11 is 1.05. The van der Waals surface area contributed by atoms with Crippen molar-refractivity contribution in [3.8, 4) is 22.5 Å². The van der Waals surface area contributed by atoms with Gasteiger partial charge in [0.15, 0.2) is 5.82 Å². The van der Waals surface area contributed by atoms with Crippen LogP contribution in [0.4, 0.5) is 5.69 Å². The molecule has 0 saturated carbocycles. The van der Waals surface area contributed by atoms with Gasteiger partial charge in [-0.3, -0.25) is 20.2 Å². The van der Waals surface area contributed by atoms with Gasteiger partial charge in [0.1, 0.15) is 0 Å². The summed E-state index contributed by atoms with van der Waals surface area (Å²) in [6.45, 7) is 3.49. The van der Waals surface area contributed by atoms with E-state index < -0.39 is 11.6 Å². The zero-order valence-electron chi connectivity index (χ0n) is 16.3. The quantitative estimate of drug-likeness (QED) is 0.326. The number of aromatic nitrogens is 3. The molecule has 3 aromatic rings. The van der Waals surface area contributed by atoms with Crippen LogP contribution in [0.3, 0.4) is 0 Å². The number of carboxylic acid groups (broad SMARTS) is 1. The molecule has 0 aliphatic heterocycles. The lowest BCUT2D eigenvalue weighted by molar-refractivity contribution is -0.133. The number of carbonyl (C=O) groups is 1. The fourth-order valence-corrected chi connectivity index (χ4v) is 3.26. The highest BCUT2D eigenvalue weighted by atomic mass is 32.2. The molecule has 0 spiro atoms. The van der Waals surface area contributed by atoms with E-state index >= 15 is 0 Å². The molecule has 0 unspecified atom stereocenters. The van der Waals surface area contributed by atoms with Crippen molar-refractivity contribution in [1.82, 2.24) is 15.2 Å². The number of carboxylic acids is 1. The minimum Gasteiger partial charge on any atom is -0.481 e. The van der Waals surface area contributed by atoms with E-state index in [1.807, 2.05) is 42.5 Å². The average Bonchev–Trinajstić information content (AvgIpc) is 3.15. The first-order chi connectivity index (χ1) is 13.8. The molecule has 0 amide bonds. The first-order valence-corrected chi connectivity index (χ1v) is 9.79. The van der Waals surface area contributed by atoms with Gasteiger partial charge in [-0.25, -0.2) is 4.98 Å². The molecule has 3 rings (SSSR count). The summed E-state index contributed by atoms with van der Waals surface area (Å²) in [5.41, 5.74) is 6.10. The summed E-state index contributed by atoms with van der Waals surface area (Å²) in [5, 5.41) is 26.2. The number of benzene rings is 2. The molecule has 0 bridgehead atoms. The van der Waals surface area contributed by atoms with Gasteiger partial charge < -0.3 is 10.2 Å². The predicted octanol–water partition coefficient (Wildman–Crippen LogP) is 3.52. The van der Waals surface area contributed by atoms with Crippen LogP contribution >= 0.6 is 11.8 Å². The van der Waals surface area contributed by atoms with Gasteiger partial charge in [-0.1, -0.05) is 36.0 Å². The molecule has 1 aromatic heterocycles. The molecule has 2 aromatic carbocycles. The Bertz CT molecular complexity index is 996. The Morgan fingerprint density at radius 2 is 1.86 bits per heavy atom. The fourth-order valence-electron chi connectivity index (χ4n) is 2.74. The SMILES string of the molecule is CONc1cc(-c2ccc(C(C)(C)O)cc2)cc(-c2nc(SCC(=O)O)n[nH]2)c1. The average molecular weight is 414 g/mol. The van der Waals surface area contributed by atoms with Gasteiger partial charge in [0, 0.05) is 5.56 Å². The second kappa shape index (κ2) is 8.64. The van der Waals surface area contributed by atoms with E-state index in [1.54, 1.807) is 13.8 Å². The van der Waals surface area contributed by atoms with Crippen LogP contribution in [0.5, 0.6) is 0 Å². The van der Waals surface area contributed by atoms with Crippen LogP contribution in [0.15, 0.2) is 47.6 Å². The lowest BCUT2D eigenvalue weighted by atomic mass is 9.95. The lowest BCUT2D eigenvalue weighted by Gasteiger charge is -2.18. The van der Waals surface area contributed by atoms with Crippen LogP contribution in [-0.2, 0) is 15.2 Å². The number of H-pyrrole nitrogens is 1. The molecule has 9 heteroatoms. The number of aliphatic hydroxyl groups is 1. The zero-order valence-corrected chi connectivity index (χ0v) is 17.1. The van der Waals surface area contributed by atoms with E-state index in [4.69, 9.17) is 9.94 Å². The van der Waals surface area contributed by atoms with Crippen LogP contribution < -0.4 is 5.48 Å². The number of aliphatic carboxylic acids is 1. The van der Waals surface area contributed by atoms with Crippen LogP contribution in [0.25, 0.3) is 22.5 Å². The molecule has 8 nitrogen and oxygen atoms in total. The molecule has 0 fully saturated rings. The fraction of sp³-hybridized carbons (Fsp3) is 0.250. The number of hydrogen-bond donors (Lipinski definition) is 4. The summed E-state index contributed by atoms with van der Waals surface area (Å²) in [6.07, 6.45) is 0. The van der Waals surface area contributed by atoms with Crippen molar-refractivity contribution < 1.29 is 19.8 Å². The second-order valence-electron chi connectivity index (χ2n) is 6.89. The molecule has 0 saturated heterocycles. The normalized spacial score (nSPS) is 11.4. The highest BCUT2D eigenvalue weighted by Crippen LogP contribution is 2.31. The van der Waals surface area contributed by atoms with Crippen molar-refractivity contribution in [3.63, 3.8) is 0 Å². The van der Waals surface area contributed by atoms with E-state index in [-0.39, 0.29) is 5.75 Å². The third-order valence-corrected chi connectivity index (χ3v) is 4.97. The molecule has 0 aliphatic rings. The largest absolute Gasteiger partial charge is 0.481 e. The topological polar surface area (TPSA) is 120 Å². The van der Waals surface area contributed by atoms with Crippen LogP contribution in [0.1, 0.15) is 19.4 Å². The number of nitrogens with one attached hydrogen (secondary N) is 2. The Hall–Kier alpha value is -2.88. The van der Waals surface area contributed by atoms with E-state index in [0.717, 1.165) is 39.7 Å². The standard InChI is InChI=1S/C20H22N4O4S/c1-20(2,27)15-6-4-12(5-7-15)13-8-14(10-16(9-13)24-28-3)18-21-19(23-22-18)29-11-17(25)26/h4-10,24,27H,11H2,1-3H3,(H,25,26)(H,21,22,23). The van der Waals surface area contributed by atoms with Crippen molar-refractivity contribution in [1.29, 1.82) is 0 Å². The number of hydrogen-bond acceptors (Lipinski definition) is 7. The Labute approximate surface area is 172 Å². The number of anilines is 1. The maximum absolute atomic E-state index is 10.7. The molecular formula is C20H22N4O4S. The van der Waals surface area contributed by atoms with Crippen molar-refractivity contribution in [2.45, 2.75) is 24.6 Å². The number of nitrogens with zero attached hydrogens (tertiary/aromatic N) is 2.